The first-order chi connectivity index (χ1) is 7.41. The number of hydrogen-bond acceptors (Lipinski definition) is 4. The van der Waals surface area contributed by atoms with Gasteiger partial charge in [0.1, 0.15) is 5.82 Å². The van der Waals surface area contributed by atoms with Crippen molar-refractivity contribution >= 4 is 17.4 Å². The van der Waals surface area contributed by atoms with Gasteiger partial charge in [-0.2, -0.15) is 0 Å². The second kappa shape index (κ2) is 4.47. The predicted octanol–water partition coefficient (Wildman–Crippen LogP) is 0.930. The van der Waals surface area contributed by atoms with Crippen LogP contribution in [0.3, 0.4) is 0 Å². The summed E-state index contributed by atoms with van der Waals surface area (Å²) in [5.74, 6) is -3.77. The van der Waals surface area contributed by atoms with E-state index in [1.54, 1.807) is 0 Å². The maximum Gasteiger partial charge on any atom is 0.372 e. The number of carbonyl (C=O) groups is 2. The molecule has 0 aliphatic rings. The molecule has 0 atom stereocenters. The fourth-order valence-corrected chi connectivity index (χ4v) is 1.06. The maximum absolute atomic E-state index is 13.1. The van der Waals surface area contributed by atoms with Crippen LogP contribution in [0.25, 0.3) is 0 Å². The molecule has 0 aliphatic heterocycles. The molecule has 0 aromatic heterocycles. The van der Waals surface area contributed by atoms with Gasteiger partial charge >= 0.3 is 5.97 Å². The lowest BCUT2D eigenvalue weighted by atomic mass is 10.1. The SMILES string of the molecule is O=C(O)C(=O)Cc1cc([N+](=O)[O-])ccc1F. The van der Waals surface area contributed by atoms with Crippen LogP contribution in [0.5, 0.6) is 0 Å². The summed E-state index contributed by atoms with van der Waals surface area (Å²) in [6.07, 6.45) is -0.706. The molecule has 1 N–H and O–H groups in total. The van der Waals surface area contributed by atoms with Crippen LogP contribution in [-0.2, 0) is 16.0 Å². The molecular formula is C9H6FNO5. The number of halogens is 1. The van der Waals surface area contributed by atoms with Gasteiger partial charge in [0.2, 0.25) is 5.78 Å². The first kappa shape index (κ1) is 11.8. The normalized spacial score (nSPS) is 9.81. The number of aliphatic carboxylic acids is 1. The Morgan fingerprint density at radius 3 is 2.56 bits per heavy atom. The molecule has 0 bridgehead atoms. The predicted molar refractivity (Wildman–Crippen MR) is 49.4 cm³/mol. The number of carboxylic acid groups (broad SMARTS) is 1. The fraction of sp³-hybridized carbons (Fsp3) is 0.111. The van der Waals surface area contributed by atoms with Crippen LogP contribution in [0.2, 0.25) is 0 Å². The Morgan fingerprint density at radius 2 is 2.06 bits per heavy atom. The Kier molecular flexibility index (Phi) is 3.29. The van der Waals surface area contributed by atoms with E-state index in [0.717, 1.165) is 18.2 Å². The van der Waals surface area contributed by atoms with E-state index in [1.165, 1.54) is 0 Å². The van der Waals surface area contributed by atoms with Gasteiger partial charge < -0.3 is 5.11 Å². The molecule has 0 radical (unpaired) electrons. The van der Waals surface area contributed by atoms with Gasteiger partial charge in [-0.3, -0.25) is 14.9 Å². The minimum absolute atomic E-state index is 0.304. The Labute approximate surface area is 88.5 Å². The highest BCUT2D eigenvalue weighted by Crippen LogP contribution is 2.17. The van der Waals surface area contributed by atoms with Crippen LogP contribution >= 0.6 is 0 Å². The Balaban J connectivity index is 3.03. The first-order valence-corrected chi connectivity index (χ1v) is 4.10. The number of nitro benzene ring substituents is 1. The topological polar surface area (TPSA) is 97.5 Å². The summed E-state index contributed by atoms with van der Waals surface area (Å²) in [4.78, 5) is 30.6. The van der Waals surface area contributed by atoms with Gasteiger partial charge in [0.25, 0.3) is 5.69 Å². The number of rotatable bonds is 4. The van der Waals surface area contributed by atoms with Gasteiger partial charge in [0, 0.05) is 24.1 Å². The molecule has 1 aromatic rings. The summed E-state index contributed by atoms with van der Waals surface area (Å²) in [6, 6.07) is 2.60. The molecule has 0 aliphatic carbocycles. The third-order valence-corrected chi connectivity index (χ3v) is 1.83. The van der Waals surface area contributed by atoms with Crippen LogP contribution < -0.4 is 0 Å². The zero-order chi connectivity index (χ0) is 12.3. The molecule has 0 spiro atoms. The van der Waals surface area contributed by atoms with Crippen molar-refractivity contribution in [2.24, 2.45) is 0 Å². The molecule has 84 valence electrons. The molecule has 0 fully saturated rings. The van der Waals surface area contributed by atoms with Crippen LogP contribution in [0.4, 0.5) is 10.1 Å². The largest absolute Gasteiger partial charge is 0.475 e. The Bertz CT molecular complexity index is 471. The summed E-state index contributed by atoms with van der Waals surface area (Å²) in [5.41, 5.74) is -0.698. The zero-order valence-corrected chi connectivity index (χ0v) is 7.84. The van der Waals surface area contributed by atoms with Crippen LogP contribution in [0.1, 0.15) is 5.56 Å². The van der Waals surface area contributed by atoms with Gasteiger partial charge in [0.05, 0.1) is 4.92 Å². The Hall–Kier alpha value is -2.31. The van der Waals surface area contributed by atoms with Crippen LogP contribution in [0, 0.1) is 15.9 Å². The lowest BCUT2D eigenvalue weighted by Crippen LogP contribution is -2.15. The van der Waals surface area contributed by atoms with Crippen molar-refractivity contribution < 1.29 is 24.0 Å². The number of benzene rings is 1. The van der Waals surface area contributed by atoms with E-state index in [1.807, 2.05) is 0 Å². The van der Waals surface area contributed by atoms with Crippen molar-refractivity contribution in [3.05, 3.63) is 39.7 Å². The van der Waals surface area contributed by atoms with E-state index < -0.39 is 34.6 Å². The third kappa shape index (κ3) is 2.59. The van der Waals surface area contributed by atoms with E-state index in [2.05, 4.69) is 0 Å². The maximum atomic E-state index is 13.1. The number of Topliss-reactive ketones (excluding diaryl/α,β-unsaturated/α-hetero) is 1. The van der Waals surface area contributed by atoms with Crippen molar-refractivity contribution in [1.82, 2.24) is 0 Å². The van der Waals surface area contributed by atoms with Crippen LogP contribution in [-0.4, -0.2) is 21.8 Å². The van der Waals surface area contributed by atoms with Gasteiger partial charge in [-0.1, -0.05) is 0 Å². The number of nitrogens with zero attached hydrogens (tertiary/aromatic N) is 1. The third-order valence-electron chi connectivity index (χ3n) is 1.83. The summed E-state index contributed by atoms with van der Waals surface area (Å²) in [7, 11) is 0. The second-order valence-electron chi connectivity index (χ2n) is 2.94. The molecule has 0 unspecified atom stereocenters. The number of non-ortho nitro benzene ring substituents is 1. The second-order valence-corrected chi connectivity index (χ2v) is 2.94. The van der Waals surface area contributed by atoms with Gasteiger partial charge in [0.15, 0.2) is 0 Å². The highest BCUT2D eigenvalue weighted by molar-refractivity contribution is 6.33. The van der Waals surface area contributed by atoms with E-state index in [9.17, 15) is 24.1 Å². The molecule has 7 heteroatoms. The molecular weight excluding hydrogens is 221 g/mol. The minimum atomic E-state index is -1.70. The van der Waals surface area contributed by atoms with Gasteiger partial charge in [-0.15, -0.1) is 0 Å². The molecule has 16 heavy (non-hydrogen) atoms. The number of ketones is 1. The lowest BCUT2D eigenvalue weighted by molar-refractivity contribution is -0.385. The average molecular weight is 227 g/mol. The van der Waals surface area contributed by atoms with E-state index >= 15 is 0 Å². The molecule has 1 aromatic carbocycles. The standard InChI is InChI=1S/C9H6FNO5/c10-7-2-1-6(11(15)16)3-5(7)4-8(12)9(13)14/h1-3H,4H2,(H,13,14). The highest BCUT2D eigenvalue weighted by Gasteiger charge is 2.17. The number of nitro groups is 1. The molecule has 0 amide bonds. The monoisotopic (exact) mass is 227 g/mol. The van der Waals surface area contributed by atoms with Crippen LogP contribution in [0.15, 0.2) is 18.2 Å². The van der Waals surface area contributed by atoms with Crippen molar-refractivity contribution in [3.8, 4) is 0 Å². The summed E-state index contributed by atoms with van der Waals surface area (Å²) >= 11 is 0. The van der Waals surface area contributed by atoms with Crippen molar-refractivity contribution in [2.45, 2.75) is 6.42 Å². The smallest absolute Gasteiger partial charge is 0.372 e. The van der Waals surface area contributed by atoms with Crippen molar-refractivity contribution in [2.75, 3.05) is 0 Å². The molecule has 0 saturated heterocycles. The minimum Gasteiger partial charge on any atom is -0.475 e. The van der Waals surface area contributed by atoms with Gasteiger partial charge in [-0.25, -0.2) is 9.18 Å². The summed E-state index contributed by atoms with van der Waals surface area (Å²) in [5, 5.41) is 18.7. The number of hydrogen-bond donors (Lipinski definition) is 1. The Morgan fingerprint density at radius 1 is 1.44 bits per heavy atom. The molecule has 0 saturated carbocycles. The molecule has 6 nitrogen and oxygen atoms in total. The van der Waals surface area contributed by atoms with Gasteiger partial charge in [-0.05, 0) is 6.07 Å². The first-order valence-electron chi connectivity index (χ1n) is 4.10. The van der Waals surface area contributed by atoms with E-state index in [0.29, 0.717) is 0 Å². The van der Waals surface area contributed by atoms with Crippen molar-refractivity contribution in [1.29, 1.82) is 0 Å². The lowest BCUT2D eigenvalue weighted by Gasteiger charge is -2.00. The van der Waals surface area contributed by atoms with E-state index in [4.69, 9.17) is 5.11 Å². The molecule has 1 rings (SSSR count). The fourth-order valence-electron chi connectivity index (χ4n) is 1.06. The summed E-state index contributed by atoms with van der Waals surface area (Å²) in [6.45, 7) is 0. The average Bonchev–Trinajstić information content (AvgIpc) is 2.20. The van der Waals surface area contributed by atoms with E-state index in [-0.39, 0.29) is 5.56 Å². The summed E-state index contributed by atoms with van der Waals surface area (Å²) < 4.78 is 13.1. The number of carbonyl (C=O) groups excluding carboxylic acids is 1. The number of carboxylic acids is 1. The zero-order valence-electron chi connectivity index (χ0n) is 7.84. The quantitative estimate of drug-likeness (QED) is 0.468. The molecule has 0 heterocycles. The highest BCUT2D eigenvalue weighted by atomic mass is 19.1. The van der Waals surface area contributed by atoms with Crippen molar-refractivity contribution in [3.63, 3.8) is 0 Å².